The van der Waals surface area contributed by atoms with Gasteiger partial charge in [0.05, 0.1) is 0 Å². The van der Waals surface area contributed by atoms with E-state index in [1.54, 1.807) is 6.20 Å². The van der Waals surface area contributed by atoms with Crippen molar-refractivity contribution in [3.05, 3.63) is 65.1 Å². The van der Waals surface area contributed by atoms with Crippen LogP contribution in [0, 0.1) is 0 Å². The van der Waals surface area contributed by atoms with Gasteiger partial charge in [0.1, 0.15) is 12.2 Å². The molecule has 0 radical (unpaired) electrons. The summed E-state index contributed by atoms with van der Waals surface area (Å²) in [5.41, 5.74) is 0.644. The first kappa shape index (κ1) is 21.8. The summed E-state index contributed by atoms with van der Waals surface area (Å²) in [6.45, 7) is 2.55. The van der Waals surface area contributed by atoms with Crippen LogP contribution in [0.25, 0.3) is 5.65 Å². The number of nitrogens with one attached hydrogen (secondary N) is 1. The Labute approximate surface area is 179 Å². The van der Waals surface area contributed by atoms with Gasteiger partial charge in [-0.1, -0.05) is 30.3 Å². The molecule has 0 aliphatic heterocycles. The molecule has 1 saturated carbocycles. The molecule has 8 heteroatoms. The van der Waals surface area contributed by atoms with Gasteiger partial charge in [-0.15, -0.1) is 10.2 Å². The highest BCUT2D eigenvalue weighted by atomic mass is 19.4. The molecule has 0 atom stereocenters. The quantitative estimate of drug-likeness (QED) is 0.564. The molecule has 166 valence electrons. The maximum atomic E-state index is 13.9. The van der Waals surface area contributed by atoms with E-state index >= 15 is 0 Å². The fraction of sp³-hybridized carbons (Fsp3) is 0.478. The van der Waals surface area contributed by atoms with E-state index in [4.69, 9.17) is 4.74 Å². The van der Waals surface area contributed by atoms with Gasteiger partial charge in [0.25, 0.3) is 0 Å². The van der Waals surface area contributed by atoms with E-state index in [0.29, 0.717) is 18.3 Å². The zero-order valence-electron chi connectivity index (χ0n) is 17.5. The maximum absolute atomic E-state index is 13.9. The van der Waals surface area contributed by atoms with Crippen LogP contribution in [0.5, 0.6) is 0 Å². The zero-order valence-corrected chi connectivity index (χ0v) is 17.5. The van der Waals surface area contributed by atoms with E-state index < -0.39 is 11.7 Å². The average molecular weight is 432 g/mol. The third-order valence-corrected chi connectivity index (χ3v) is 6.03. The van der Waals surface area contributed by atoms with Gasteiger partial charge in [0.15, 0.2) is 11.5 Å². The largest absolute Gasteiger partial charge is 0.420 e. The molecular formula is C23H27F3N4O. The number of alkyl halides is 3. The Hall–Kier alpha value is -2.45. The summed E-state index contributed by atoms with van der Waals surface area (Å²) in [6, 6.07) is 12.2. The van der Waals surface area contributed by atoms with Crippen LogP contribution in [0.15, 0.2) is 42.6 Å². The second kappa shape index (κ2) is 9.36. The van der Waals surface area contributed by atoms with Crippen LogP contribution in [-0.2, 0) is 24.1 Å². The molecule has 1 N–H and O–H groups in total. The summed E-state index contributed by atoms with van der Waals surface area (Å²) >= 11 is 0. The highest BCUT2D eigenvalue weighted by Crippen LogP contribution is 2.36. The van der Waals surface area contributed by atoms with Gasteiger partial charge < -0.3 is 10.1 Å². The minimum absolute atomic E-state index is 0.122. The monoisotopic (exact) mass is 432 g/mol. The summed E-state index contributed by atoms with van der Waals surface area (Å²) in [5, 5.41) is 11.1. The lowest BCUT2D eigenvalue weighted by molar-refractivity contribution is -0.137. The third-order valence-electron chi connectivity index (χ3n) is 6.03. The summed E-state index contributed by atoms with van der Waals surface area (Å²) in [7, 11) is 0. The van der Waals surface area contributed by atoms with E-state index in [1.165, 1.54) is 16.0 Å². The zero-order chi connectivity index (χ0) is 21.8. The minimum atomic E-state index is -4.51. The van der Waals surface area contributed by atoms with Crippen LogP contribution in [0.2, 0.25) is 0 Å². The number of aromatic nitrogens is 3. The SMILES string of the molecule is CCOCc1nnc2c(C(F)(F)F)c(CN[C@H]3CC[C@H](c4ccccc4)CC3)ccn12. The molecule has 3 aromatic rings. The molecule has 4 rings (SSSR count). The van der Waals surface area contributed by atoms with Crippen LogP contribution < -0.4 is 5.32 Å². The van der Waals surface area contributed by atoms with Gasteiger partial charge in [-0.05, 0) is 55.7 Å². The first-order chi connectivity index (χ1) is 15.0. The standard InChI is InChI=1S/C23H27F3N4O/c1-2-31-15-20-28-29-22-21(23(24,25)26)18(12-13-30(20)22)14-27-19-10-8-17(9-11-19)16-6-4-3-5-7-16/h3-7,12-13,17,19,27H,2,8-11,14-15H2,1H3/t17-,19-. The molecule has 2 heterocycles. The van der Waals surface area contributed by atoms with Crippen molar-refractivity contribution in [3.63, 3.8) is 0 Å². The van der Waals surface area contributed by atoms with Crippen LogP contribution in [0.4, 0.5) is 13.2 Å². The number of halogens is 3. The van der Waals surface area contributed by atoms with Crippen molar-refractivity contribution in [1.29, 1.82) is 0 Å². The Morgan fingerprint density at radius 1 is 1.06 bits per heavy atom. The smallest absolute Gasteiger partial charge is 0.374 e. The second-order valence-corrected chi connectivity index (χ2v) is 8.00. The highest BCUT2D eigenvalue weighted by molar-refractivity contribution is 5.53. The van der Waals surface area contributed by atoms with Crippen molar-refractivity contribution in [2.75, 3.05) is 6.61 Å². The van der Waals surface area contributed by atoms with E-state index in [9.17, 15) is 13.2 Å². The van der Waals surface area contributed by atoms with Crippen molar-refractivity contribution in [2.45, 2.75) is 63.9 Å². The molecule has 0 spiro atoms. The van der Waals surface area contributed by atoms with Crippen LogP contribution >= 0.6 is 0 Å². The lowest BCUT2D eigenvalue weighted by Gasteiger charge is -2.30. The number of rotatable bonds is 7. The molecule has 0 unspecified atom stereocenters. The van der Waals surface area contributed by atoms with E-state index in [1.807, 2.05) is 13.0 Å². The van der Waals surface area contributed by atoms with Crippen LogP contribution in [0.1, 0.15) is 61.0 Å². The number of pyridine rings is 1. The first-order valence-electron chi connectivity index (χ1n) is 10.8. The molecule has 31 heavy (non-hydrogen) atoms. The second-order valence-electron chi connectivity index (χ2n) is 8.00. The fourth-order valence-electron chi connectivity index (χ4n) is 4.40. The van der Waals surface area contributed by atoms with E-state index in [2.05, 4.69) is 39.8 Å². The van der Waals surface area contributed by atoms with Gasteiger partial charge in [-0.25, -0.2) is 0 Å². The number of ether oxygens (including phenoxy) is 1. The molecule has 1 aromatic carbocycles. The Bertz CT molecular complexity index is 995. The first-order valence-corrected chi connectivity index (χ1v) is 10.8. The average Bonchev–Trinajstić information content (AvgIpc) is 3.18. The Balaban J connectivity index is 1.46. The lowest BCUT2D eigenvalue weighted by Crippen LogP contribution is -2.33. The van der Waals surface area contributed by atoms with Gasteiger partial charge in [-0.3, -0.25) is 4.40 Å². The number of nitrogens with zero attached hydrogens (tertiary/aromatic N) is 3. The lowest BCUT2D eigenvalue weighted by atomic mass is 9.82. The molecule has 2 aromatic heterocycles. The number of hydrogen-bond donors (Lipinski definition) is 1. The Kier molecular flexibility index (Phi) is 6.57. The molecule has 5 nitrogen and oxygen atoms in total. The van der Waals surface area contributed by atoms with E-state index in [-0.39, 0.29) is 30.4 Å². The van der Waals surface area contributed by atoms with Crippen molar-refractivity contribution < 1.29 is 17.9 Å². The summed E-state index contributed by atoms with van der Waals surface area (Å²) < 4.78 is 48.4. The number of fused-ring (bicyclic) bond motifs is 1. The molecule has 1 aliphatic carbocycles. The van der Waals surface area contributed by atoms with Crippen molar-refractivity contribution in [1.82, 2.24) is 19.9 Å². The van der Waals surface area contributed by atoms with Crippen LogP contribution in [-0.4, -0.2) is 27.2 Å². The van der Waals surface area contributed by atoms with E-state index in [0.717, 1.165) is 25.7 Å². The number of hydrogen-bond acceptors (Lipinski definition) is 4. The van der Waals surface area contributed by atoms with Crippen molar-refractivity contribution in [3.8, 4) is 0 Å². The Morgan fingerprint density at radius 3 is 2.48 bits per heavy atom. The minimum Gasteiger partial charge on any atom is -0.374 e. The summed E-state index contributed by atoms with van der Waals surface area (Å²) in [5.74, 6) is 0.891. The van der Waals surface area contributed by atoms with Crippen molar-refractivity contribution >= 4 is 5.65 Å². The van der Waals surface area contributed by atoms with Gasteiger partial charge in [0, 0.05) is 25.4 Å². The van der Waals surface area contributed by atoms with Crippen molar-refractivity contribution in [2.24, 2.45) is 0 Å². The normalized spacial score (nSPS) is 19.7. The maximum Gasteiger partial charge on any atom is 0.420 e. The number of benzene rings is 1. The van der Waals surface area contributed by atoms with Gasteiger partial charge in [0.2, 0.25) is 0 Å². The predicted molar refractivity (Wildman–Crippen MR) is 112 cm³/mol. The Morgan fingerprint density at radius 2 is 1.81 bits per heavy atom. The van der Waals surface area contributed by atoms with Crippen LogP contribution in [0.3, 0.4) is 0 Å². The molecule has 0 saturated heterocycles. The highest BCUT2D eigenvalue weighted by Gasteiger charge is 2.37. The summed E-state index contributed by atoms with van der Waals surface area (Å²) in [6.07, 6.45) is 1.07. The van der Waals surface area contributed by atoms with Gasteiger partial charge in [-0.2, -0.15) is 13.2 Å². The third kappa shape index (κ3) is 4.91. The topological polar surface area (TPSA) is 51.5 Å². The molecule has 0 bridgehead atoms. The fourth-order valence-corrected chi connectivity index (χ4v) is 4.40. The predicted octanol–water partition coefficient (Wildman–Crippen LogP) is 5.10. The van der Waals surface area contributed by atoms with Gasteiger partial charge >= 0.3 is 6.18 Å². The molecule has 1 fully saturated rings. The summed E-state index contributed by atoms with van der Waals surface area (Å²) in [4.78, 5) is 0. The molecular weight excluding hydrogens is 405 g/mol. The molecule has 0 amide bonds. The molecule has 1 aliphatic rings.